The fourth-order valence-electron chi connectivity index (χ4n) is 1.71. The van der Waals surface area contributed by atoms with Gasteiger partial charge in [-0.05, 0) is 45.9 Å². The lowest BCUT2D eigenvalue weighted by Crippen LogP contribution is -2.06. The predicted octanol–water partition coefficient (Wildman–Crippen LogP) is 4.42. The van der Waals surface area contributed by atoms with E-state index in [-0.39, 0.29) is 27.7 Å². The second kappa shape index (κ2) is 6.24. The van der Waals surface area contributed by atoms with Crippen LogP contribution in [0.15, 0.2) is 24.4 Å². The summed E-state index contributed by atoms with van der Waals surface area (Å²) in [5.41, 5.74) is 0.508. The van der Waals surface area contributed by atoms with E-state index < -0.39 is 11.8 Å². The number of benzene rings is 1. The molecule has 104 valence electrons. The van der Waals surface area contributed by atoms with Gasteiger partial charge in [-0.1, -0.05) is 29.3 Å². The Balaban J connectivity index is 2.52. The van der Waals surface area contributed by atoms with Crippen molar-refractivity contribution in [1.29, 1.82) is 0 Å². The van der Waals surface area contributed by atoms with Crippen molar-refractivity contribution in [3.8, 4) is 0 Å². The van der Waals surface area contributed by atoms with Crippen molar-refractivity contribution in [2.75, 3.05) is 0 Å². The van der Waals surface area contributed by atoms with Gasteiger partial charge in [0.25, 0.3) is 0 Å². The van der Waals surface area contributed by atoms with Gasteiger partial charge in [-0.15, -0.1) is 0 Å². The van der Waals surface area contributed by atoms with E-state index in [0.717, 1.165) is 9.77 Å². The topological polar surface area (TPSA) is 50.2 Å². The van der Waals surface area contributed by atoms with E-state index in [1.165, 1.54) is 6.07 Å². The number of aromatic carboxylic acids is 1. The summed E-state index contributed by atoms with van der Waals surface area (Å²) in [7, 11) is 0. The molecule has 1 N–H and O–H groups in total. The fourth-order valence-corrected chi connectivity index (χ4v) is 2.54. The maximum atomic E-state index is 13.9. The van der Waals surface area contributed by atoms with Crippen molar-refractivity contribution in [2.24, 2.45) is 0 Å². The predicted molar refractivity (Wildman–Crippen MR) is 83.1 cm³/mol. The number of aromatic nitrogens is 1. The van der Waals surface area contributed by atoms with Crippen LogP contribution in [0.3, 0.4) is 0 Å². The van der Waals surface area contributed by atoms with Crippen molar-refractivity contribution in [3.05, 3.63) is 60.6 Å². The third kappa shape index (κ3) is 3.21. The van der Waals surface area contributed by atoms with Crippen LogP contribution in [0.5, 0.6) is 0 Å². The van der Waals surface area contributed by atoms with Gasteiger partial charge in [0.2, 0.25) is 0 Å². The highest BCUT2D eigenvalue weighted by molar-refractivity contribution is 14.1. The van der Waals surface area contributed by atoms with Crippen LogP contribution in [0.1, 0.15) is 21.5 Å². The van der Waals surface area contributed by atoms with E-state index in [1.54, 1.807) is 12.1 Å². The minimum atomic E-state index is -1.18. The molecule has 0 radical (unpaired) electrons. The highest BCUT2D eigenvalue weighted by Crippen LogP contribution is 2.29. The third-order valence-electron chi connectivity index (χ3n) is 2.69. The second-order valence-corrected chi connectivity index (χ2v) is 5.95. The van der Waals surface area contributed by atoms with Crippen LogP contribution in [0.4, 0.5) is 4.39 Å². The zero-order chi connectivity index (χ0) is 14.9. The molecule has 7 heteroatoms. The normalized spacial score (nSPS) is 10.6. The average molecular weight is 426 g/mol. The molecule has 2 rings (SSSR count). The molecule has 1 aromatic heterocycles. The number of carbonyl (C=O) groups is 1. The molecule has 1 aromatic carbocycles. The summed E-state index contributed by atoms with van der Waals surface area (Å²) in [5, 5.41) is 9.17. The first-order valence-electron chi connectivity index (χ1n) is 5.40. The van der Waals surface area contributed by atoms with Crippen LogP contribution in [-0.4, -0.2) is 16.1 Å². The smallest absolute Gasteiger partial charge is 0.337 e. The standard InChI is InChI=1S/C13H7Cl2FINO2/c14-11-8(9(13(19)20)5-18-12(11)15)3-6-1-2-7(17)4-10(6)16/h1-2,4-5H,3H2,(H,19,20). The molecule has 0 aliphatic heterocycles. The lowest BCUT2D eigenvalue weighted by atomic mass is 10.0. The van der Waals surface area contributed by atoms with Crippen LogP contribution in [-0.2, 0) is 6.42 Å². The summed E-state index contributed by atoms with van der Waals surface area (Å²) >= 11 is 13.8. The van der Waals surface area contributed by atoms with Crippen molar-refractivity contribution in [2.45, 2.75) is 6.42 Å². The number of hydrogen-bond acceptors (Lipinski definition) is 2. The van der Waals surface area contributed by atoms with E-state index >= 15 is 0 Å². The molecule has 0 amide bonds. The molecule has 0 fully saturated rings. The molecule has 0 atom stereocenters. The highest BCUT2D eigenvalue weighted by Gasteiger charge is 2.18. The highest BCUT2D eigenvalue weighted by atomic mass is 127. The molecule has 0 unspecified atom stereocenters. The minimum Gasteiger partial charge on any atom is -0.478 e. The van der Waals surface area contributed by atoms with Gasteiger partial charge in [0.05, 0.1) is 10.6 Å². The van der Waals surface area contributed by atoms with Gasteiger partial charge < -0.3 is 5.11 Å². The molecule has 0 saturated carbocycles. The molecule has 0 spiro atoms. The maximum Gasteiger partial charge on any atom is 0.337 e. The van der Waals surface area contributed by atoms with Crippen LogP contribution in [0.25, 0.3) is 0 Å². The van der Waals surface area contributed by atoms with Crippen LogP contribution in [0.2, 0.25) is 10.2 Å². The van der Waals surface area contributed by atoms with Gasteiger partial charge in [0, 0.05) is 16.2 Å². The number of rotatable bonds is 3. The summed E-state index contributed by atoms with van der Waals surface area (Å²) in [6, 6.07) is 4.69. The molecule has 0 saturated heterocycles. The molecular weight excluding hydrogens is 419 g/mol. The SMILES string of the molecule is O=C(O)c1cnc(Cl)c(Cl)c1Cc1ccc(I)cc1F. The van der Waals surface area contributed by atoms with Gasteiger partial charge in [-0.3, -0.25) is 0 Å². The van der Waals surface area contributed by atoms with E-state index in [2.05, 4.69) is 4.98 Å². The zero-order valence-electron chi connectivity index (χ0n) is 9.83. The molecule has 1 heterocycles. The Morgan fingerprint density at radius 1 is 1.40 bits per heavy atom. The number of nitrogens with zero attached hydrogens (tertiary/aromatic N) is 1. The minimum absolute atomic E-state index is 0.00223. The lowest BCUT2D eigenvalue weighted by Gasteiger charge is -2.10. The molecule has 3 nitrogen and oxygen atoms in total. The Kier molecular flexibility index (Phi) is 4.82. The Bertz CT molecular complexity index is 694. The van der Waals surface area contributed by atoms with Crippen molar-refractivity contribution in [1.82, 2.24) is 4.98 Å². The first-order chi connectivity index (χ1) is 9.40. The Hall–Kier alpha value is -0.920. The van der Waals surface area contributed by atoms with Gasteiger partial charge in [0.1, 0.15) is 11.0 Å². The van der Waals surface area contributed by atoms with Gasteiger partial charge in [-0.25, -0.2) is 14.2 Å². The van der Waals surface area contributed by atoms with E-state index in [4.69, 9.17) is 28.3 Å². The largest absolute Gasteiger partial charge is 0.478 e. The first-order valence-corrected chi connectivity index (χ1v) is 7.23. The Morgan fingerprint density at radius 3 is 2.70 bits per heavy atom. The van der Waals surface area contributed by atoms with E-state index in [0.29, 0.717) is 5.56 Å². The fraction of sp³-hybridized carbons (Fsp3) is 0.0769. The van der Waals surface area contributed by atoms with E-state index in [1.807, 2.05) is 22.6 Å². The van der Waals surface area contributed by atoms with Gasteiger partial charge >= 0.3 is 5.97 Å². The van der Waals surface area contributed by atoms with Crippen molar-refractivity contribution >= 4 is 51.8 Å². The number of hydrogen-bond donors (Lipinski definition) is 1. The second-order valence-electron chi connectivity index (χ2n) is 3.97. The zero-order valence-corrected chi connectivity index (χ0v) is 13.5. The maximum absolute atomic E-state index is 13.9. The quantitative estimate of drug-likeness (QED) is 0.584. The Labute approximate surface area is 137 Å². The number of carboxylic acids is 1. The molecule has 0 bridgehead atoms. The molecule has 0 aliphatic carbocycles. The number of pyridine rings is 1. The van der Waals surface area contributed by atoms with E-state index in [9.17, 15) is 9.18 Å². The van der Waals surface area contributed by atoms with Crippen LogP contribution < -0.4 is 0 Å². The van der Waals surface area contributed by atoms with Gasteiger partial charge in [-0.2, -0.15) is 0 Å². The van der Waals surface area contributed by atoms with Crippen LogP contribution in [0, 0.1) is 9.39 Å². The number of carboxylic acid groups (broad SMARTS) is 1. The third-order valence-corrected chi connectivity index (χ3v) is 4.15. The Morgan fingerprint density at radius 2 is 2.10 bits per heavy atom. The summed E-state index contributed by atoms with van der Waals surface area (Å²) < 4.78 is 14.6. The monoisotopic (exact) mass is 425 g/mol. The summed E-state index contributed by atoms with van der Waals surface area (Å²) in [6.07, 6.45) is 1.15. The van der Waals surface area contributed by atoms with Crippen molar-refractivity contribution in [3.63, 3.8) is 0 Å². The molecule has 2 aromatic rings. The van der Waals surface area contributed by atoms with Crippen molar-refractivity contribution < 1.29 is 14.3 Å². The lowest BCUT2D eigenvalue weighted by molar-refractivity contribution is 0.0695. The molecule has 20 heavy (non-hydrogen) atoms. The van der Waals surface area contributed by atoms with Crippen LogP contribution >= 0.6 is 45.8 Å². The number of halogens is 4. The molecular formula is C13H7Cl2FINO2. The summed E-state index contributed by atoms with van der Waals surface area (Å²) in [5.74, 6) is -1.60. The van der Waals surface area contributed by atoms with Gasteiger partial charge in [0.15, 0.2) is 0 Å². The average Bonchev–Trinajstić information content (AvgIpc) is 2.37. The summed E-state index contributed by atoms with van der Waals surface area (Å²) in [6.45, 7) is 0. The summed E-state index contributed by atoms with van der Waals surface area (Å²) in [4.78, 5) is 14.9. The molecule has 0 aliphatic rings. The first kappa shape index (κ1) is 15.5.